The minimum absolute atomic E-state index is 0.0808. The Hall–Kier alpha value is -1.63. The number of carbonyl (C=O) groups excluding carboxylic acids is 2. The number of aliphatic carboxylic acids is 1. The average Bonchev–Trinajstić information content (AvgIpc) is 2.75. The minimum Gasteiger partial charge on any atom is -0.481 e. The lowest BCUT2D eigenvalue weighted by Crippen LogP contribution is -2.49. The molecular formula is C12H21N3O4. The summed E-state index contributed by atoms with van der Waals surface area (Å²) in [7, 11) is 0. The van der Waals surface area contributed by atoms with Gasteiger partial charge in [-0.15, -0.1) is 0 Å². The van der Waals surface area contributed by atoms with Gasteiger partial charge >= 0.3 is 12.0 Å². The van der Waals surface area contributed by atoms with Crippen molar-refractivity contribution < 1.29 is 19.5 Å². The molecule has 1 fully saturated rings. The number of hydrogen-bond acceptors (Lipinski definition) is 4. The van der Waals surface area contributed by atoms with Gasteiger partial charge < -0.3 is 10.4 Å². The molecule has 0 aromatic heterocycles. The van der Waals surface area contributed by atoms with Crippen molar-refractivity contribution in [1.82, 2.24) is 15.5 Å². The number of rotatable bonds is 5. The van der Waals surface area contributed by atoms with Crippen LogP contribution in [0, 0.1) is 5.92 Å². The second-order valence-corrected chi connectivity index (χ2v) is 4.77. The molecule has 3 N–H and O–H groups in total. The Balaban J connectivity index is 2.41. The number of carboxylic acids is 1. The summed E-state index contributed by atoms with van der Waals surface area (Å²) in [5.41, 5.74) is 0. The van der Waals surface area contributed by atoms with Crippen molar-refractivity contribution in [3.8, 4) is 0 Å². The molecule has 0 aliphatic carbocycles. The normalized spacial score (nSPS) is 20.8. The van der Waals surface area contributed by atoms with Crippen LogP contribution in [0.2, 0.25) is 0 Å². The summed E-state index contributed by atoms with van der Waals surface area (Å²) in [6, 6.07) is -0.929. The minimum atomic E-state index is -0.814. The van der Waals surface area contributed by atoms with Crippen LogP contribution in [0.5, 0.6) is 0 Å². The SMILES string of the molecule is CCNC(=O)NC(=O)C(C)N1CCC(CC(=O)O)C1. The van der Waals surface area contributed by atoms with E-state index in [4.69, 9.17) is 5.11 Å². The largest absolute Gasteiger partial charge is 0.481 e. The quantitative estimate of drug-likeness (QED) is 0.654. The molecule has 7 heteroatoms. The first-order chi connectivity index (χ1) is 8.93. The fourth-order valence-corrected chi connectivity index (χ4v) is 2.21. The molecule has 2 unspecified atom stereocenters. The number of urea groups is 1. The summed E-state index contributed by atoms with van der Waals surface area (Å²) in [5.74, 6) is -1.09. The van der Waals surface area contributed by atoms with Gasteiger partial charge in [0.2, 0.25) is 5.91 Å². The first-order valence-electron chi connectivity index (χ1n) is 6.48. The van der Waals surface area contributed by atoms with E-state index >= 15 is 0 Å². The third-order valence-corrected chi connectivity index (χ3v) is 3.28. The zero-order valence-corrected chi connectivity index (χ0v) is 11.3. The van der Waals surface area contributed by atoms with E-state index in [0.717, 1.165) is 6.42 Å². The molecule has 19 heavy (non-hydrogen) atoms. The Kier molecular flexibility index (Phi) is 5.75. The molecule has 1 heterocycles. The molecule has 108 valence electrons. The van der Waals surface area contributed by atoms with Gasteiger partial charge in [0.05, 0.1) is 6.04 Å². The van der Waals surface area contributed by atoms with Gasteiger partial charge in [-0.2, -0.15) is 0 Å². The first kappa shape index (κ1) is 15.4. The van der Waals surface area contributed by atoms with E-state index in [1.165, 1.54) is 0 Å². The van der Waals surface area contributed by atoms with Crippen LogP contribution < -0.4 is 10.6 Å². The molecule has 0 bridgehead atoms. The van der Waals surface area contributed by atoms with E-state index in [9.17, 15) is 14.4 Å². The van der Waals surface area contributed by atoms with Crippen LogP contribution in [0.1, 0.15) is 26.7 Å². The Morgan fingerprint density at radius 1 is 1.42 bits per heavy atom. The maximum absolute atomic E-state index is 11.8. The van der Waals surface area contributed by atoms with E-state index in [2.05, 4.69) is 10.6 Å². The fraction of sp³-hybridized carbons (Fsp3) is 0.750. The van der Waals surface area contributed by atoms with Crippen molar-refractivity contribution >= 4 is 17.9 Å². The molecule has 0 radical (unpaired) electrons. The number of carboxylic acid groups (broad SMARTS) is 1. The highest BCUT2D eigenvalue weighted by atomic mass is 16.4. The van der Waals surface area contributed by atoms with Gasteiger partial charge in [-0.05, 0) is 32.7 Å². The molecule has 7 nitrogen and oxygen atoms in total. The van der Waals surface area contributed by atoms with Crippen LogP contribution in [-0.4, -0.2) is 53.6 Å². The van der Waals surface area contributed by atoms with Gasteiger partial charge in [0, 0.05) is 19.5 Å². The number of nitrogens with one attached hydrogen (secondary N) is 2. The molecule has 0 spiro atoms. The lowest BCUT2D eigenvalue weighted by Gasteiger charge is -2.23. The van der Waals surface area contributed by atoms with E-state index in [1.54, 1.807) is 13.8 Å². The first-order valence-corrected chi connectivity index (χ1v) is 6.48. The Morgan fingerprint density at radius 2 is 2.11 bits per heavy atom. The van der Waals surface area contributed by atoms with Crippen molar-refractivity contribution in [1.29, 1.82) is 0 Å². The zero-order valence-electron chi connectivity index (χ0n) is 11.3. The molecule has 0 saturated carbocycles. The van der Waals surface area contributed by atoms with Crippen molar-refractivity contribution in [3.63, 3.8) is 0 Å². The summed E-state index contributed by atoms with van der Waals surface area (Å²) in [4.78, 5) is 35.6. The number of likely N-dealkylation sites (tertiary alicyclic amines) is 1. The Labute approximate surface area is 112 Å². The number of imide groups is 1. The van der Waals surface area contributed by atoms with Crippen molar-refractivity contribution in [3.05, 3.63) is 0 Å². The summed E-state index contributed by atoms with van der Waals surface area (Å²) in [5, 5.41) is 13.5. The summed E-state index contributed by atoms with van der Waals surface area (Å²) in [6.07, 6.45) is 0.895. The summed E-state index contributed by atoms with van der Waals surface area (Å²) >= 11 is 0. The van der Waals surface area contributed by atoms with Crippen LogP contribution >= 0.6 is 0 Å². The predicted molar refractivity (Wildman–Crippen MR) is 68.6 cm³/mol. The van der Waals surface area contributed by atoms with E-state index < -0.39 is 18.0 Å². The van der Waals surface area contributed by atoms with Crippen LogP contribution in [0.25, 0.3) is 0 Å². The molecule has 1 aliphatic rings. The molecule has 1 saturated heterocycles. The van der Waals surface area contributed by atoms with Crippen LogP contribution in [0.15, 0.2) is 0 Å². The van der Waals surface area contributed by atoms with Gasteiger partial charge in [-0.1, -0.05) is 0 Å². The molecule has 2 atom stereocenters. The molecule has 0 aromatic carbocycles. The Bertz CT molecular complexity index is 359. The molecular weight excluding hydrogens is 250 g/mol. The fourth-order valence-electron chi connectivity index (χ4n) is 2.21. The number of carbonyl (C=O) groups is 3. The van der Waals surface area contributed by atoms with E-state index in [0.29, 0.717) is 19.6 Å². The molecule has 3 amide bonds. The number of hydrogen-bond donors (Lipinski definition) is 3. The predicted octanol–water partition coefficient (Wildman–Crippen LogP) is 0.0172. The van der Waals surface area contributed by atoms with Gasteiger partial charge in [0.1, 0.15) is 0 Å². The topological polar surface area (TPSA) is 98.7 Å². The van der Waals surface area contributed by atoms with Crippen LogP contribution in [0.3, 0.4) is 0 Å². The molecule has 0 aromatic rings. The van der Waals surface area contributed by atoms with Crippen molar-refractivity contribution in [2.24, 2.45) is 5.92 Å². The van der Waals surface area contributed by atoms with Gasteiger partial charge in [-0.3, -0.25) is 19.8 Å². The third kappa shape index (κ3) is 4.86. The average molecular weight is 271 g/mol. The third-order valence-electron chi connectivity index (χ3n) is 3.28. The monoisotopic (exact) mass is 271 g/mol. The van der Waals surface area contributed by atoms with Gasteiger partial charge in [0.25, 0.3) is 0 Å². The second-order valence-electron chi connectivity index (χ2n) is 4.77. The highest BCUT2D eigenvalue weighted by Gasteiger charge is 2.31. The molecule has 1 rings (SSSR count). The zero-order chi connectivity index (χ0) is 14.4. The van der Waals surface area contributed by atoms with Gasteiger partial charge in [0.15, 0.2) is 0 Å². The lowest BCUT2D eigenvalue weighted by molar-refractivity contribution is -0.138. The lowest BCUT2D eigenvalue weighted by atomic mass is 10.1. The second kappa shape index (κ2) is 7.08. The number of amides is 3. The molecule has 1 aliphatic heterocycles. The highest BCUT2D eigenvalue weighted by Crippen LogP contribution is 2.21. The highest BCUT2D eigenvalue weighted by molar-refractivity contribution is 5.96. The van der Waals surface area contributed by atoms with Crippen molar-refractivity contribution in [2.45, 2.75) is 32.7 Å². The number of nitrogens with zero attached hydrogens (tertiary/aromatic N) is 1. The summed E-state index contributed by atoms with van der Waals surface area (Å²) < 4.78 is 0. The maximum atomic E-state index is 11.8. The van der Waals surface area contributed by atoms with Gasteiger partial charge in [-0.25, -0.2) is 4.79 Å². The smallest absolute Gasteiger partial charge is 0.321 e. The summed E-state index contributed by atoms with van der Waals surface area (Å²) in [6.45, 7) is 5.21. The maximum Gasteiger partial charge on any atom is 0.321 e. The van der Waals surface area contributed by atoms with Crippen molar-refractivity contribution in [2.75, 3.05) is 19.6 Å². The standard InChI is InChI=1S/C12H21N3O4/c1-3-13-12(19)14-11(18)8(2)15-5-4-9(7-15)6-10(16)17/h8-9H,3-7H2,1-2H3,(H,16,17)(H2,13,14,18,19). The Morgan fingerprint density at radius 3 is 2.68 bits per heavy atom. The van der Waals surface area contributed by atoms with E-state index in [-0.39, 0.29) is 18.2 Å². The van der Waals surface area contributed by atoms with Crippen LogP contribution in [0.4, 0.5) is 4.79 Å². The van der Waals surface area contributed by atoms with E-state index in [1.807, 2.05) is 4.90 Å². The van der Waals surface area contributed by atoms with Crippen LogP contribution in [-0.2, 0) is 9.59 Å².